The van der Waals surface area contributed by atoms with E-state index in [2.05, 4.69) is 48.4 Å². The number of aromatic nitrogens is 5. The van der Waals surface area contributed by atoms with Gasteiger partial charge in [-0.2, -0.15) is 0 Å². The number of H-pyrrole nitrogens is 2. The van der Waals surface area contributed by atoms with Crippen LogP contribution in [0.4, 0.5) is 10.6 Å². The molecule has 4 N–H and O–H groups in total. The molecule has 0 unspecified atom stereocenters. The molecule has 9 nitrogen and oxygen atoms in total. The fourth-order valence-corrected chi connectivity index (χ4v) is 5.13. The largest absolute Gasteiger partial charge is 0.465 e. The SMILES string of the molecule is O=C(O)NCC1(c2nc3c(-c4ccccc4)cccc3[nH]2)CCN(c2ncnc3[nH]ccc23)CC1. The number of nitrogens with one attached hydrogen (secondary N) is 3. The lowest BCUT2D eigenvalue weighted by Gasteiger charge is -2.41. The summed E-state index contributed by atoms with van der Waals surface area (Å²) in [4.78, 5) is 34.3. The number of carbonyl (C=O) groups is 1. The fraction of sp³-hybridized carbons (Fsp3) is 0.231. The Morgan fingerprint density at radius 2 is 1.89 bits per heavy atom. The van der Waals surface area contributed by atoms with E-state index in [1.165, 1.54) is 0 Å². The first-order valence-electron chi connectivity index (χ1n) is 11.7. The highest BCUT2D eigenvalue weighted by Crippen LogP contribution is 2.38. The van der Waals surface area contributed by atoms with Gasteiger partial charge in [0, 0.05) is 36.8 Å². The minimum absolute atomic E-state index is 0.292. The van der Waals surface area contributed by atoms with Gasteiger partial charge in [-0.05, 0) is 30.5 Å². The van der Waals surface area contributed by atoms with E-state index in [-0.39, 0.29) is 0 Å². The van der Waals surface area contributed by atoms with Crippen molar-refractivity contribution in [1.82, 2.24) is 30.2 Å². The van der Waals surface area contributed by atoms with Crippen LogP contribution in [-0.4, -0.2) is 55.8 Å². The van der Waals surface area contributed by atoms with Gasteiger partial charge >= 0.3 is 6.09 Å². The van der Waals surface area contributed by atoms with Crippen LogP contribution in [0.3, 0.4) is 0 Å². The molecule has 1 aliphatic rings. The van der Waals surface area contributed by atoms with Gasteiger partial charge in [0.05, 0.1) is 16.4 Å². The molecular formula is C26H25N7O2. The number of aromatic amines is 2. The Morgan fingerprint density at radius 3 is 2.69 bits per heavy atom. The zero-order valence-corrected chi connectivity index (χ0v) is 19.0. The molecule has 3 aromatic heterocycles. The van der Waals surface area contributed by atoms with Gasteiger partial charge in [-0.25, -0.2) is 19.7 Å². The number of fused-ring (bicyclic) bond motifs is 2. The first-order chi connectivity index (χ1) is 17.1. The van der Waals surface area contributed by atoms with Gasteiger partial charge in [0.2, 0.25) is 0 Å². The standard InChI is InChI=1S/C26H25N7O2/c34-25(35)28-15-26(10-13-33(14-11-26)23-19-9-12-27-22(19)29-16-30-23)24-31-20-8-4-7-18(21(20)32-24)17-5-2-1-3-6-17/h1-9,12,16,28H,10-11,13-15H2,(H,31,32)(H,34,35)(H,27,29,30). The third-order valence-electron chi connectivity index (χ3n) is 7.03. The monoisotopic (exact) mass is 467 g/mol. The summed E-state index contributed by atoms with van der Waals surface area (Å²) in [5.41, 5.74) is 4.36. The summed E-state index contributed by atoms with van der Waals surface area (Å²) in [6, 6.07) is 18.3. The molecule has 176 valence electrons. The molecule has 1 fully saturated rings. The lowest BCUT2D eigenvalue weighted by molar-refractivity contribution is 0.187. The summed E-state index contributed by atoms with van der Waals surface area (Å²) in [5.74, 6) is 1.71. The molecule has 0 radical (unpaired) electrons. The second kappa shape index (κ2) is 8.43. The molecule has 0 atom stereocenters. The first-order valence-corrected chi connectivity index (χ1v) is 11.7. The number of piperidine rings is 1. The number of para-hydroxylation sites is 1. The van der Waals surface area contributed by atoms with Crippen LogP contribution in [0.15, 0.2) is 67.1 Å². The highest BCUT2D eigenvalue weighted by molar-refractivity contribution is 5.92. The van der Waals surface area contributed by atoms with Crippen LogP contribution in [0.1, 0.15) is 18.7 Å². The second-order valence-electron chi connectivity index (χ2n) is 9.02. The zero-order chi connectivity index (χ0) is 23.8. The van der Waals surface area contributed by atoms with Crippen LogP contribution in [0, 0.1) is 0 Å². The van der Waals surface area contributed by atoms with Gasteiger partial charge in [-0.1, -0.05) is 42.5 Å². The normalized spacial score (nSPS) is 15.5. The van der Waals surface area contributed by atoms with Crippen LogP contribution in [0.5, 0.6) is 0 Å². The molecule has 1 saturated heterocycles. The molecule has 0 saturated carbocycles. The number of carboxylic acid groups (broad SMARTS) is 1. The number of anilines is 1. The van der Waals surface area contributed by atoms with E-state index in [0.29, 0.717) is 6.54 Å². The van der Waals surface area contributed by atoms with Crippen LogP contribution in [-0.2, 0) is 5.41 Å². The Labute approximate surface area is 201 Å². The molecule has 4 heterocycles. The molecule has 2 aromatic carbocycles. The molecule has 1 amide bonds. The van der Waals surface area contributed by atoms with Gasteiger partial charge in [0.1, 0.15) is 23.6 Å². The lowest BCUT2D eigenvalue weighted by atomic mass is 9.77. The molecule has 6 rings (SSSR count). The van der Waals surface area contributed by atoms with Gasteiger partial charge in [-0.15, -0.1) is 0 Å². The van der Waals surface area contributed by atoms with E-state index in [9.17, 15) is 9.90 Å². The van der Waals surface area contributed by atoms with Crippen molar-refractivity contribution in [3.63, 3.8) is 0 Å². The molecule has 35 heavy (non-hydrogen) atoms. The van der Waals surface area contributed by atoms with Crippen molar-refractivity contribution in [2.45, 2.75) is 18.3 Å². The Bertz CT molecular complexity index is 1500. The number of hydrogen-bond donors (Lipinski definition) is 4. The number of amides is 1. The topological polar surface area (TPSA) is 123 Å². The Balaban J connectivity index is 1.36. The third-order valence-corrected chi connectivity index (χ3v) is 7.03. The van der Waals surface area contributed by atoms with Crippen molar-refractivity contribution in [3.05, 3.63) is 72.9 Å². The number of benzene rings is 2. The summed E-state index contributed by atoms with van der Waals surface area (Å²) < 4.78 is 0. The van der Waals surface area contributed by atoms with Crippen molar-refractivity contribution in [2.24, 2.45) is 0 Å². The summed E-state index contributed by atoms with van der Waals surface area (Å²) >= 11 is 0. The van der Waals surface area contributed by atoms with Crippen molar-refractivity contribution in [3.8, 4) is 11.1 Å². The van der Waals surface area contributed by atoms with Gasteiger partial charge in [0.15, 0.2) is 0 Å². The molecular weight excluding hydrogens is 442 g/mol. The molecule has 0 spiro atoms. The lowest BCUT2D eigenvalue weighted by Crippen LogP contribution is -2.49. The highest BCUT2D eigenvalue weighted by atomic mass is 16.4. The van der Waals surface area contributed by atoms with Crippen LogP contribution < -0.4 is 10.2 Å². The average Bonchev–Trinajstić information content (AvgIpc) is 3.56. The van der Waals surface area contributed by atoms with Crippen molar-refractivity contribution < 1.29 is 9.90 Å². The van der Waals surface area contributed by atoms with Crippen LogP contribution in [0.2, 0.25) is 0 Å². The predicted molar refractivity (Wildman–Crippen MR) is 135 cm³/mol. The minimum Gasteiger partial charge on any atom is -0.465 e. The third kappa shape index (κ3) is 3.74. The molecule has 5 aromatic rings. The van der Waals surface area contributed by atoms with Gasteiger partial charge in [0.25, 0.3) is 0 Å². The van der Waals surface area contributed by atoms with Gasteiger partial charge in [-0.3, -0.25) is 0 Å². The number of hydrogen-bond acceptors (Lipinski definition) is 5. The highest BCUT2D eigenvalue weighted by Gasteiger charge is 2.40. The average molecular weight is 468 g/mol. The summed E-state index contributed by atoms with van der Waals surface area (Å²) in [6.07, 6.45) is 3.87. The fourth-order valence-electron chi connectivity index (χ4n) is 5.13. The Hall–Kier alpha value is -4.40. The van der Waals surface area contributed by atoms with Crippen LogP contribution >= 0.6 is 0 Å². The van der Waals surface area contributed by atoms with E-state index in [4.69, 9.17) is 4.98 Å². The van der Waals surface area contributed by atoms with E-state index >= 15 is 0 Å². The molecule has 9 heteroatoms. The first kappa shape index (κ1) is 21.2. The Morgan fingerprint density at radius 1 is 1.06 bits per heavy atom. The van der Waals surface area contributed by atoms with Crippen molar-refractivity contribution in [1.29, 1.82) is 0 Å². The van der Waals surface area contributed by atoms with Gasteiger partial charge < -0.3 is 25.3 Å². The zero-order valence-electron chi connectivity index (χ0n) is 19.0. The smallest absolute Gasteiger partial charge is 0.404 e. The number of rotatable bonds is 5. The minimum atomic E-state index is -1.03. The van der Waals surface area contributed by atoms with E-state index in [0.717, 1.165) is 70.8 Å². The van der Waals surface area contributed by atoms with E-state index < -0.39 is 11.5 Å². The quantitative estimate of drug-likeness (QED) is 0.306. The summed E-state index contributed by atoms with van der Waals surface area (Å²) in [5, 5.41) is 13.0. The Kier molecular flexibility index (Phi) is 5.09. The maximum atomic E-state index is 11.5. The van der Waals surface area contributed by atoms with E-state index in [1.54, 1.807) is 6.33 Å². The van der Waals surface area contributed by atoms with Crippen LogP contribution in [0.25, 0.3) is 33.2 Å². The summed E-state index contributed by atoms with van der Waals surface area (Å²) in [7, 11) is 0. The predicted octanol–water partition coefficient (Wildman–Crippen LogP) is 4.31. The number of nitrogens with zero attached hydrogens (tertiary/aromatic N) is 4. The second-order valence-corrected chi connectivity index (χ2v) is 9.02. The van der Waals surface area contributed by atoms with Crippen molar-refractivity contribution >= 4 is 34.0 Å². The molecule has 0 bridgehead atoms. The maximum Gasteiger partial charge on any atom is 0.404 e. The molecule has 0 aliphatic carbocycles. The maximum absolute atomic E-state index is 11.5. The summed E-state index contributed by atoms with van der Waals surface area (Å²) in [6.45, 7) is 1.74. The molecule has 1 aliphatic heterocycles. The van der Waals surface area contributed by atoms with E-state index in [1.807, 2.05) is 42.6 Å². The van der Waals surface area contributed by atoms with Crippen molar-refractivity contribution in [2.75, 3.05) is 24.5 Å². The number of imidazole rings is 1.